The molecule has 1 aliphatic heterocycles. The van der Waals surface area contributed by atoms with Crippen molar-refractivity contribution in [2.45, 2.75) is 31.7 Å². The molecule has 1 unspecified atom stereocenters. The molecule has 0 radical (unpaired) electrons. The highest BCUT2D eigenvalue weighted by Crippen LogP contribution is 2.13. The van der Waals surface area contributed by atoms with Gasteiger partial charge in [-0.05, 0) is 26.4 Å². The van der Waals surface area contributed by atoms with E-state index in [0.717, 1.165) is 25.3 Å². The monoisotopic (exact) mass is 224 g/mol. The van der Waals surface area contributed by atoms with E-state index in [9.17, 15) is 0 Å². The summed E-state index contributed by atoms with van der Waals surface area (Å²) in [5.41, 5.74) is 0. The number of aromatic nitrogens is 2. The summed E-state index contributed by atoms with van der Waals surface area (Å²) < 4.78 is 4.68. The Bertz CT molecular complexity index is 288. The Morgan fingerprint density at radius 2 is 2.50 bits per heavy atom. The topological polar surface area (TPSA) is 54.2 Å². The SMILES string of the molecule is CN1CCCCC1CNCCc1ncon1. The molecule has 0 amide bonds. The van der Waals surface area contributed by atoms with E-state index in [4.69, 9.17) is 0 Å². The van der Waals surface area contributed by atoms with Crippen molar-refractivity contribution in [1.29, 1.82) is 0 Å². The van der Waals surface area contributed by atoms with E-state index in [2.05, 4.69) is 31.9 Å². The van der Waals surface area contributed by atoms with E-state index < -0.39 is 0 Å². The van der Waals surface area contributed by atoms with Crippen molar-refractivity contribution in [3.05, 3.63) is 12.2 Å². The van der Waals surface area contributed by atoms with Crippen LogP contribution in [0.3, 0.4) is 0 Å². The molecule has 0 bridgehead atoms. The van der Waals surface area contributed by atoms with Crippen molar-refractivity contribution >= 4 is 0 Å². The Morgan fingerprint density at radius 1 is 1.56 bits per heavy atom. The van der Waals surface area contributed by atoms with E-state index >= 15 is 0 Å². The molecule has 1 fully saturated rings. The Morgan fingerprint density at radius 3 is 3.25 bits per heavy atom. The highest BCUT2D eigenvalue weighted by molar-refractivity contribution is 4.80. The summed E-state index contributed by atoms with van der Waals surface area (Å²) in [5, 5.41) is 7.24. The van der Waals surface area contributed by atoms with Crippen LogP contribution in [0.5, 0.6) is 0 Å². The number of nitrogens with one attached hydrogen (secondary N) is 1. The first kappa shape index (κ1) is 11.5. The minimum Gasteiger partial charge on any atom is -0.343 e. The van der Waals surface area contributed by atoms with Gasteiger partial charge in [-0.25, -0.2) is 0 Å². The second-order valence-electron chi connectivity index (χ2n) is 4.43. The Balaban J connectivity index is 1.60. The number of likely N-dealkylation sites (N-methyl/N-ethyl adjacent to an activating group) is 1. The van der Waals surface area contributed by atoms with Gasteiger partial charge >= 0.3 is 0 Å². The molecule has 0 aromatic carbocycles. The molecule has 1 atom stereocenters. The zero-order valence-corrected chi connectivity index (χ0v) is 9.85. The molecular formula is C11H20N4O. The second-order valence-corrected chi connectivity index (χ2v) is 4.43. The second kappa shape index (κ2) is 5.96. The van der Waals surface area contributed by atoms with Crippen LogP contribution in [-0.4, -0.2) is 47.8 Å². The lowest BCUT2D eigenvalue weighted by atomic mass is 10.0. The number of hydrogen-bond acceptors (Lipinski definition) is 5. The van der Waals surface area contributed by atoms with Crippen LogP contribution in [0.1, 0.15) is 25.1 Å². The van der Waals surface area contributed by atoms with Gasteiger partial charge in [-0.1, -0.05) is 11.6 Å². The molecule has 16 heavy (non-hydrogen) atoms. The molecule has 2 rings (SSSR count). The van der Waals surface area contributed by atoms with Gasteiger partial charge < -0.3 is 14.7 Å². The summed E-state index contributed by atoms with van der Waals surface area (Å²) in [4.78, 5) is 6.44. The van der Waals surface area contributed by atoms with Crippen molar-refractivity contribution in [3.63, 3.8) is 0 Å². The van der Waals surface area contributed by atoms with Crippen LogP contribution in [0.15, 0.2) is 10.9 Å². The first-order valence-electron chi connectivity index (χ1n) is 6.02. The fourth-order valence-corrected chi connectivity index (χ4v) is 2.17. The predicted octanol–water partition coefficient (Wildman–Crippen LogP) is 0.686. The van der Waals surface area contributed by atoms with E-state index in [1.807, 2.05) is 0 Å². The third-order valence-corrected chi connectivity index (χ3v) is 3.23. The van der Waals surface area contributed by atoms with Crippen molar-refractivity contribution in [3.8, 4) is 0 Å². The molecule has 0 saturated carbocycles. The number of piperidine rings is 1. The minimum atomic E-state index is 0.694. The van der Waals surface area contributed by atoms with Gasteiger partial charge in [0, 0.05) is 25.6 Å². The third-order valence-electron chi connectivity index (χ3n) is 3.23. The van der Waals surface area contributed by atoms with E-state index in [0.29, 0.717) is 6.04 Å². The van der Waals surface area contributed by atoms with Crippen LogP contribution in [0.2, 0.25) is 0 Å². The fraction of sp³-hybridized carbons (Fsp3) is 0.818. The van der Waals surface area contributed by atoms with Crippen molar-refractivity contribution in [1.82, 2.24) is 20.4 Å². The Hall–Kier alpha value is -0.940. The number of likely N-dealkylation sites (tertiary alicyclic amines) is 1. The average molecular weight is 224 g/mol. The van der Waals surface area contributed by atoms with Crippen LogP contribution < -0.4 is 5.32 Å². The zero-order valence-electron chi connectivity index (χ0n) is 9.85. The molecule has 0 spiro atoms. The zero-order chi connectivity index (χ0) is 11.2. The predicted molar refractivity (Wildman–Crippen MR) is 61.1 cm³/mol. The number of rotatable bonds is 5. The van der Waals surface area contributed by atoms with Gasteiger partial charge in [0.1, 0.15) is 0 Å². The summed E-state index contributed by atoms with van der Waals surface area (Å²) in [5.74, 6) is 0.782. The molecule has 1 aromatic heterocycles. The van der Waals surface area contributed by atoms with Gasteiger partial charge in [-0.2, -0.15) is 4.98 Å². The molecule has 90 valence electrons. The molecule has 5 heteroatoms. The van der Waals surface area contributed by atoms with Crippen LogP contribution in [0.25, 0.3) is 0 Å². The summed E-state index contributed by atoms with van der Waals surface area (Å²) in [6, 6.07) is 0.694. The van der Waals surface area contributed by atoms with Crippen molar-refractivity contribution in [2.75, 3.05) is 26.7 Å². The lowest BCUT2D eigenvalue weighted by Crippen LogP contribution is -2.43. The van der Waals surface area contributed by atoms with Gasteiger partial charge in [0.2, 0.25) is 6.39 Å². The third kappa shape index (κ3) is 3.28. The van der Waals surface area contributed by atoms with Crippen LogP contribution in [0, 0.1) is 0 Å². The maximum Gasteiger partial charge on any atom is 0.213 e. The minimum absolute atomic E-state index is 0.694. The fourth-order valence-electron chi connectivity index (χ4n) is 2.17. The first-order valence-corrected chi connectivity index (χ1v) is 6.02. The van der Waals surface area contributed by atoms with Crippen molar-refractivity contribution < 1.29 is 4.52 Å². The lowest BCUT2D eigenvalue weighted by molar-refractivity contribution is 0.182. The average Bonchev–Trinajstić information content (AvgIpc) is 2.79. The van der Waals surface area contributed by atoms with Crippen LogP contribution in [-0.2, 0) is 6.42 Å². The van der Waals surface area contributed by atoms with Gasteiger partial charge in [-0.15, -0.1) is 0 Å². The standard InChI is InChI=1S/C11H20N4O/c1-15-7-3-2-4-10(15)8-12-6-5-11-13-9-16-14-11/h9-10,12H,2-8H2,1H3. The molecule has 0 aliphatic carbocycles. The molecule has 5 nitrogen and oxygen atoms in total. The van der Waals surface area contributed by atoms with Gasteiger partial charge in [0.15, 0.2) is 5.82 Å². The summed E-state index contributed by atoms with van der Waals surface area (Å²) >= 11 is 0. The van der Waals surface area contributed by atoms with Crippen LogP contribution in [0.4, 0.5) is 0 Å². The molecule has 1 aliphatic rings. The smallest absolute Gasteiger partial charge is 0.213 e. The maximum absolute atomic E-state index is 4.68. The van der Waals surface area contributed by atoms with Gasteiger partial charge in [0.25, 0.3) is 0 Å². The molecule has 1 aromatic rings. The number of nitrogens with zero attached hydrogens (tertiary/aromatic N) is 3. The summed E-state index contributed by atoms with van der Waals surface area (Å²) in [7, 11) is 2.21. The van der Waals surface area contributed by atoms with Crippen LogP contribution >= 0.6 is 0 Å². The molecule has 1 saturated heterocycles. The van der Waals surface area contributed by atoms with Gasteiger partial charge in [0.05, 0.1) is 0 Å². The summed E-state index contributed by atoms with van der Waals surface area (Å²) in [6.07, 6.45) is 6.24. The largest absolute Gasteiger partial charge is 0.343 e. The molecule has 2 heterocycles. The lowest BCUT2D eigenvalue weighted by Gasteiger charge is -2.32. The Kier molecular flexibility index (Phi) is 4.30. The number of hydrogen-bond donors (Lipinski definition) is 1. The van der Waals surface area contributed by atoms with E-state index in [-0.39, 0.29) is 0 Å². The maximum atomic E-state index is 4.68. The Labute approximate surface area is 96.2 Å². The van der Waals surface area contributed by atoms with Gasteiger partial charge in [-0.3, -0.25) is 0 Å². The normalized spacial score (nSPS) is 22.4. The van der Waals surface area contributed by atoms with Crippen molar-refractivity contribution in [2.24, 2.45) is 0 Å². The van der Waals surface area contributed by atoms with E-state index in [1.54, 1.807) is 0 Å². The summed E-state index contributed by atoms with van der Waals surface area (Å²) in [6.45, 7) is 3.22. The molecule has 1 N–H and O–H groups in total. The highest BCUT2D eigenvalue weighted by atomic mass is 16.5. The highest BCUT2D eigenvalue weighted by Gasteiger charge is 2.17. The quantitative estimate of drug-likeness (QED) is 0.746. The van der Waals surface area contributed by atoms with E-state index in [1.165, 1.54) is 32.2 Å². The molecular weight excluding hydrogens is 204 g/mol. The first-order chi connectivity index (χ1) is 7.86.